The van der Waals surface area contributed by atoms with Crippen LogP contribution in [-0.4, -0.2) is 34.9 Å². The molecule has 0 aliphatic carbocycles. The quantitative estimate of drug-likeness (QED) is 0.887. The van der Waals surface area contributed by atoms with Gasteiger partial charge in [-0.15, -0.1) is 0 Å². The number of nitrogens with zero attached hydrogens (tertiary/aromatic N) is 2. The first kappa shape index (κ1) is 14.1. The molecule has 1 fully saturated rings. The number of aromatic nitrogens is 1. The van der Waals surface area contributed by atoms with Crippen molar-refractivity contribution in [1.29, 1.82) is 0 Å². The van der Waals surface area contributed by atoms with Gasteiger partial charge in [0, 0.05) is 31.2 Å². The highest BCUT2D eigenvalue weighted by molar-refractivity contribution is 5.95. The molecule has 0 bridgehead atoms. The van der Waals surface area contributed by atoms with E-state index < -0.39 is 6.04 Å². The van der Waals surface area contributed by atoms with E-state index in [1.165, 1.54) is 0 Å². The van der Waals surface area contributed by atoms with Crippen LogP contribution < -0.4 is 10.6 Å². The Balaban J connectivity index is 1.83. The summed E-state index contributed by atoms with van der Waals surface area (Å²) in [6, 6.07) is 11.8. The number of pyridine rings is 1. The fraction of sp³-hybridized carbons (Fsp3) is 0.188. The number of piperazine rings is 1. The molecule has 112 valence electrons. The molecule has 6 heteroatoms. The van der Waals surface area contributed by atoms with E-state index in [9.17, 15) is 9.59 Å². The molecule has 2 heterocycles. The number of urea groups is 1. The smallest absolute Gasteiger partial charge is 0.322 e. The minimum atomic E-state index is -0.614. The normalized spacial score (nSPS) is 17.7. The zero-order valence-electron chi connectivity index (χ0n) is 11.9. The van der Waals surface area contributed by atoms with Crippen LogP contribution in [-0.2, 0) is 4.79 Å². The molecule has 2 aromatic rings. The molecule has 0 radical (unpaired) electrons. The van der Waals surface area contributed by atoms with Crippen LogP contribution >= 0.6 is 0 Å². The second kappa shape index (κ2) is 6.26. The number of rotatable bonds is 2. The summed E-state index contributed by atoms with van der Waals surface area (Å²) >= 11 is 0. The van der Waals surface area contributed by atoms with Crippen LogP contribution in [0.15, 0.2) is 54.9 Å². The lowest BCUT2D eigenvalue weighted by atomic mass is 10.0. The minimum Gasteiger partial charge on any atom is -0.352 e. The highest BCUT2D eigenvalue weighted by Crippen LogP contribution is 2.24. The second-order valence-corrected chi connectivity index (χ2v) is 4.96. The predicted molar refractivity (Wildman–Crippen MR) is 82.2 cm³/mol. The lowest BCUT2D eigenvalue weighted by Crippen LogP contribution is -2.53. The SMILES string of the molecule is O=C1NCCN(C(=O)Nc2ccncc2)[C@H]1c1ccccc1. The standard InChI is InChI=1S/C16H16N4O2/c21-15-14(12-4-2-1-3-5-12)20(11-10-18-15)16(22)19-13-6-8-17-9-7-13/h1-9,14H,10-11H2,(H,18,21)(H,17,19,22)/t14-/m0/s1. The Kier molecular flexibility index (Phi) is 4.00. The van der Waals surface area contributed by atoms with E-state index in [-0.39, 0.29) is 11.9 Å². The largest absolute Gasteiger partial charge is 0.352 e. The number of carbonyl (C=O) groups is 2. The summed E-state index contributed by atoms with van der Waals surface area (Å²) in [4.78, 5) is 30.2. The summed E-state index contributed by atoms with van der Waals surface area (Å²) in [6.07, 6.45) is 3.21. The molecule has 1 aliphatic heterocycles. The van der Waals surface area contributed by atoms with E-state index in [1.54, 1.807) is 29.4 Å². The lowest BCUT2D eigenvalue weighted by Gasteiger charge is -2.35. The molecule has 1 atom stereocenters. The van der Waals surface area contributed by atoms with Crippen molar-refractivity contribution in [2.45, 2.75) is 6.04 Å². The molecule has 1 aromatic carbocycles. The monoisotopic (exact) mass is 296 g/mol. The molecule has 1 aromatic heterocycles. The van der Waals surface area contributed by atoms with E-state index in [1.807, 2.05) is 30.3 Å². The van der Waals surface area contributed by atoms with E-state index in [0.29, 0.717) is 18.8 Å². The average molecular weight is 296 g/mol. The van der Waals surface area contributed by atoms with Crippen LogP contribution in [0.1, 0.15) is 11.6 Å². The predicted octanol–water partition coefficient (Wildman–Crippen LogP) is 1.79. The molecular weight excluding hydrogens is 280 g/mol. The van der Waals surface area contributed by atoms with Crippen molar-refractivity contribution in [2.24, 2.45) is 0 Å². The van der Waals surface area contributed by atoms with Crippen molar-refractivity contribution in [1.82, 2.24) is 15.2 Å². The third kappa shape index (κ3) is 2.90. The van der Waals surface area contributed by atoms with Gasteiger partial charge < -0.3 is 15.5 Å². The number of hydrogen-bond donors (Lipinski definition) is 2. The number of carbonyl (C=O) groups excluding carboxylic acids is 2. The Hall–Kier alpha value is -2.89. The maximum atomic E-state index is 12.5. The van der Waals surface area contributed by atoms with Crippen LogP contribution in [0.25, 0.3) is 0 Å². The second-order valence-electron chi connectivity index (χ2n) is 4.96. The van der Waals surface area contributed by atoms with Gasteiger partial charge in [-0.2, -0.15) is 0 Å². The van der Waals surface area contributed by atoms with Gasteiger partial charge in [0.15, 0.2) is 0 Å². The molecule has 3 rings (SSSR count). The van der Waals surface area contributed by atoms with E-state index >= 15 is 0 Å². The maximum Gasteiger partial charge on any atom is 0.322 e. The first-order valence-corrected chi connectivity index (χ1v) is 7.06. The molecule has 3 amide bonds. The molecule has 1 saturated heterocycles. The average Bonchev–Trinajstić information content (AvgIpc) is 2.56. The van der Waals surface area contributed by atoms with Gasteiger partial charge >= 0.3 is 6.03 Å². The molecule has 0 unspecified atom stereocenters. The molecule has 0 saturated carbocycles. The van der Waals surface area contributed by atoms with Crippen molar-refractivity contribution >= 4 is 17.6 Å². The van der Waals surface area contributed by atoms with Crippen LogP contribution in [0.5, 0.6) is 0 Å². The third-order valence-corrected chi connectivity index (χ3v) is 3.52. The number of hydrogen-bond acceptors (Lipinski definition) is 3. The van der Waals surface area contributed by atoms with Gasteiger partial charge in [-0.25, -0.2) is 4.79 Å². The zero-order chi connectivity index (χ0) is 15.4. The van der Waals surface area contributed by atoms with Gasteiger partial charge in [-0.05, 0) is 17.7 Å². The van der Waals surface area contributed by atoms with Gasteiger partial charge in [-0.1, -0.05) is 30.3 Å². The number of benzene rings is 1. The summed E-state index contributed by atoms with van der Waals surface area (Å²) in [6.45, 7) is 0.911. The lowest BCUT2D eigenvalue weighted by molar-refractivity contribution is -0.127. The number of anilines is 1. The Morgan fingerprint density at radius 2 is 1.91 bits per heavy atom. The van der Waals surface area contributed by atoms with Gasteiger partial charge in [0.05, 0.1) is 0 Å². The zero-order valence-corrected chi connectivity index (χ0v) is 11.9. The van der Waals surface area contributed by atoms with Crippen molar-refractivity contribution in [3.05, 3.63) is 60.4 Å². The number of nitrogens with one attached hydrogen (secondary N) is 2. The molecule has 22 heavy (non-hydrogen) atoms. The van der Waals surface area contributed by atoms with Gasteiger partial charge in [0.2, 0.25) is 5.91 Å². The molecule has 2 N–H and O–H groups in total. The summed E-state index contributed by atoms with van der Waals surface area (Å²) in [7, 11) is 0. The Morgan fingerprint density at radius 3 is 2.64 bits per heavy atom. The van der Waals surface area contributed by atoms with E-state index in [4.69, 9.17) is 0 Å². The van der Waals surface area contributed by atoms with Gasteiger partial charge in [0.25, 0.3) is 0 Å². The van der Waals surface area contributed by atoms with E-state index in [2.05, 4.69) is 15.6 Å². The van der Waals surface area contributed by atoms with Crippen molar-refractivity contribution < 1.29 is 9.59 Å². The first-order valence-electron chi connectivity index (χ1n) is 7.06. The fourth-order valence-electron chi connectivity index (χ4n) is 2.48. The summed E-state index contributed by atoms with van der Waals surface area (Å²) < 4.78 is 0. The van der Waals surface area contributed by atoms with Crippen molar-refractivity contribution in [2.75, 3.05) is 18.4 Å². The van der Waals surface area contributed by atoms with Gasteiger partial charge in [0.1, 0.15) is 6.04 Å². The van der Waals surface area contributed by atoms with Crippen molar-refractivity contribution in [3.8, 4) is 0 Å². The molecule has 6 nitrogen and oxygen atoms in total. The maximum absolute atomic E-state index is 12.5. The first-order chi connectivity index (χ1) is 10.8. The highest BCUT2D eigenvalue weighted by atomic mass is 16.2. The van der Waals surface area contributed by atoms with Gasteiger partial charge in [-0.3, -0.25) is 9.78 Å². The molecular formula is C16H16N4O2. The Bertz CT molecular complexity index is 660. The summed E-state index contributed by atoms with van der Waals surface area (Å²) in [5.74, 6) is -0.165. The number of amides is 3. The van der Waals surface area contributed by atoms with Crippen molar-refractivity contribution in [3.63, 3.8) is 0 Å². The third-order valence-electron chi connectivity index (χ3n) is 3.52. The van der Waals surface area contributed by atoms with Crippen LogP contribution in [0.3, 0.4) is 0 Å². The fourth-order valence-corrected chi connectivity index (χ4v) is 2.48. The summed E-state index contributed by atoms with van der Waals surface area (Å²) in [5, 5.41) is 5.61. The highest BCUT2D eigenvalue weighted by Gasteiger charge is 2.34. The van der Waals surface area contributed by atoms with Crippen LogP contribution in [0, 0.1) is 0 Å². The molecule has 0 spiro atoms. The van der Waals surface area contributed by atoms with E-state index in [0.717, 1.165) is 5.56 Å². The summed E-state index contributed by atoms with van der Waals surface area (Å²) in [5.41, 5.74) is 1.45. The molecule has 1 aliphatic rings. The van der Waals surface area contributed by atoms with Crippen LogP contribution in [0.2, 0.25) is 0 Å². The Morgan fingerprint density at radius 1 is 1.18 bits per heavy atom. The minimum absolute atomic E-state index is 0.165. The topological polar surface area (TPSA) is 74.3 Å². The van der Waals surface area contributed by atoms with Crippen LogP contribution in [0.4, 0.5) is 10.5 Å². The Labute approximate surface area is 128 Å².